The van der Waals surface area contributed by atoms with E-state index in [9.17, 15) is 0 Å². The van der Waals surface area contributed by atoms with Gasteiger partial charge in [-0.25, -0.2) is 0 Å². The Labute approximate surface area is 88.7 Å². The van der Waals surface area contributed by atoms with Crippen LogP contribution in [0.2, 0.25) is 0 Å². The first-order valence-corrected chi connectivity index (χ1v) is 6.60. The van der Waals surface area contributed by atoms with Gasteiger partial charge in [0.15, 0.2) is 0 Å². The van der Waals surface area contributed by atoms with Gasteiger partial charge in [0.1, 0.15) is 0 Å². The molecule has 1 saturated heterocycles. The van der Waals surface area contributed by atoms with Crippen LogP contribution in [0.5, 0.6) is 0 Å². The molecule has 0 bridgehead atoms. The average molecular weight is 195 g/mol. The molecule has 0 unspecified atom stereocenters. The SMILES string of the molecule is CCC1CCC2(CCCCCN2)CC1. The van der Waals surface area contributed by atoms with Crippen LogP contribution in [0, 0.1) is 5.92 Å². The van der Waals surface area contributed by atoms with E-state index in [2.05, 4.69) is 12.2 Å². The minimum absolute atomic E-state index is 0.572. The van der Waals surface area contributed by atoms with Gasteiger partial charge in [-0.15, -0.1) is 0 Å². The van der Waals surface area contributed by atoms with Gasteiger partial charge >= 0.3 is 0 Å². The molecule has 0 aromatic carbocycles. The Balaban J connectivity index is 1.89. The molecule has 0 aromatic heterocycles. The maximum atomic E-state index is 3.84. The maximum absolute atomic E-state index is 3.84. The van der Waals surface area contributed by atoms with Gasteiger partial charge in [-0.1, -0.05) is 26.2 Å². The van der Waals surface area contributed by atoms with Crippen molar-refractivity contribution in [3.8, 4) is 0 Å². The van der Waals surface area contributed by atoms with Crippen molar-refractivity contribution in [1.29, 1.82) is 0 Å². The normalized spacial score (nSPS) is 39.6. The van der Waals surface area contributed by atoms with Crippen molar-refractivity contribution >= 4 is 0 Å². The minimum atomic E-state index is 0.572. The van der Waals surface area contributed by atoms with Gasteiger partial charge in [-0.05, 0) is 51.0 Å². The first-order valence-electron chi connectivity index (χ1n) is 6.60. The lowest BCUT2D eigenvalue weighted by atomic mass is 9.73. The van der Waals surface area contributed by atoms with Crippen LogP contribution < -0.4 is 5.32 Å². The van der Waals surface area contributed by atoms with Gasteiger partial charge in [-0.3, -0.25) is 0 Å². The second-order valence-electron chi connectivity index (χ2n) is 5.37. The van der Waals surface area contributed by atoms with E-state index < -0.39 is 0 Å². The number of nitrogens with one attached hydrogen (secondary N) is 1. The topological polar surface area (TPSA) is 12.0 Å². The lowest BCUT2D eigenvalue weighted by Gasteiger charge is -2.40. The largest absolute Gasteiger partial charge is 0.311 e. The Hall–Kier alpha value is -0.0400. The molecule has 1 aliphatic carbocycles. The molecule has 2 rings (SSSR count). The van der Waals surface area contributed by atoms with Crippen LogP contribution in [-0.4, -0.2) is 12.1 Å². The third kappa shape index (κ3) is 2.31. The summed E-state index contributed by atoms with van der Waals surface area (Å²) >= 11 is 0. The fourth-order valence-electron chi connectivity index (χ4n) is 3.27. The predicted molar refractivity (Wildman–Crippen MR) is 61.5 cm³/mol. The molecule has 1 saturated carbocycles. The smallest absolute Gasteiger partial charge is 0.0181 e. The second kappa shape index (κ2) is 4.65. The second-order valence-corrected chi connectivity index (χ2v) is 5.37. The summed E-state index contributed by atoms with van der Waals surface area (Å²) in [5.74, 6) is 1.03. The first kappa shape index (κ1) is 10.5. The highest BCUT2D eigenvalue weighted by Crippen LogP contribution is 2.37. The summed E-state index contributed by atoms with van der Waals surface area (Å²) in [6.45, 7) is 3.62. The van der Waals surface area contributed by atoms with E-state index in [1.807, 2.05) is 0 Å². The van der Waals surface area contributed by atoms with E-state index in [4.69, 9.17) is 0 Å². The summed E-state index contributed by atoms with van der Waals surface area (Å²) in [6.07, 6.45) is 13.0. The zero-order chi connectivity index (χ0) is 9.86. The summed E-state index contributed by atoms with van der Waals surface area (Å²) in [5, 5.41) is 3.84. The minimum Gasteiger partial charge on any atom is -0.311 e. The highest BCUT2D eigenvalue weighted by molar-refractivity contribution is 4.93. The van der Waals surface area contributed by atoms with Crippen LogP contribution in [0.1, 0.15) is 64.7 Å². The highest BCUT2D eigenvalue weighted by Gasteiger charge is 2.34. The van der Waals surface area contributed by atoms with Gasteiger partial charge in [-0.2, -0.15) is 0 Å². The summed E-state index contributed by atoms with van der Waals surface area (Å²) < 4.78 is 0. The van der Waals surface area contributed by atoms with Crippen LogP contribution in [0.3, 0.4) is 0 Å². The molecule has 0 amide bonds. The van der Waals surface area contributed by atoms with Gasteiger partial charge in [0.2, 0.25) is 0 Å². The van der Waals surface area contributed by atoms with Crippen molar-refractivity contribution in [1.82, 2.24) is 5.32 Å². The number of hydrogen-bond acceptors (Lipinski definition) is 1. The Morgan fingerprint density at radius 2 is 1.86 bits per heavy atom. The third-order valence-corrected chi connectivity index (χ3v) is 4.47. The Morgan fingerprint density at radius 1 is 1.07 bits per heavy atom. The molecule has 1 heterocycles. The van der Waals surface area contributed by atoms with Gasteiger partial charge < -0.3 is 5.32 Å². The molecule has 14 heavy (non-hydrogen) atoms. The Bertz CT molecular complexity index is 158. The Kier molecular flexibility index (Phi) is 3.48. The molecule has 1 heteroatoms. The van der Waals surface area contributed by atoms with Crippen molar-refractivity contribution in [2.45, 2.75) is 70.3 Å². The highest BCUT2D eigenvalue weighted by atomic mass is 15.0. The van der Waals surface area contributed by atoms with Gasteiger partial charge in [0.05, 0.1) is 0 Å². The monoisotopic (exact) mass is 195 g/mol. The summed E-state index contributed by atoms with van der Waals surface area (Å²) in [4.78, 5) is 0. The summed E-state index contributed by atoms with van der Waals surface area (Å²) in [6, 6.07) is 0. The van der Waals surface area contributed by atoms with Crippen LogP contribution in [0.4, 0.5) is 0 Å². The first-order chi connectivity index (χ1) is 6.85. The summed E-state index contributed by atoms with van der Waals surface area (Å²) in [5.41, 5.74) is 0.572. The quantitative estimate of drug-likeness (QED) is 0.675. The van der Waals surface area contributed by atoms with Crippen molar-refractivity contribution in [2.24, 2.45) is 5.92 Å². The number of rotatable bonds is 1. The molecule has 1 nitrogen and oxygen atoms in total. The van der Waals surface area contributed by atoms with Crippen LogP contribution in [-0.2, 0) is 0 Å². The molecule has 0 aromatic rings. The zero-order valence-electron chi connectivity index (χ0n) is 9.65. The van der Waals surface area contributed by atoms with Crippen LogP contribution in [0.15, 0.2) is 0 Å². The van der Waals surface area contributed by atoms with E-state index in [0.717, 1.165) is 5.92 Å². The van der Waals surface area contributed by atoms with Crippen molar-refractivity contribution in [2.75, 3.05) is 6.54 Å². The molecule has 0 atom stereocenters. The van der Waals surface area contributed by atoms with Crippen LogP contribution >= 0.6 is 0 Å². The average Bonchev–Trinajstić information content (AvgIpc) is 2.46. The molecular weight excluding hydrogens is 170 g/mol. The van der Waals surface area contributed by atoms with E-state index in [-0.39, 0.29) is 0 Å². The predicted octanol–water partition coefficient (Wildman–Crippen LogP) is 3.49. The standard InChI is InChI=1S/C13H25N/c1-2-12-6-9-13(10-7-12)8-4-3-5-11-14-13/h12,14H,2-11H2,1H3. The molecule has 2 aliphatic rings. The molecule has 1 N–H and O–H groups in total. The number of hydrogen-bond donors (Lipinski definition) is 1. The van der Waals surface area contributed by atoms with Crippen LogP contribution in [0.25, 0.3) is 0 Å². The molecule has 1 spiro atoms. The maximum Gasteiger partial charge on any atom is 0.0181 e. The van der Waals surface area contributed by atoms with E-state index in [0.29, 0.717) is 5.54 Å². The van der Waals surface area contributed by atoms with Gasteiger partial charge in [0.25, 0.3) is 0 Å². The lowest BCUT2D eigenvalue weighted by molar-refractivity contribution is 0.180. The van der Waals surface area contributed by atoms with Crippen molar-refractivity contribution < 1.29 is 0 Å². The van der Waals surface area contributed by atoms with Crippen molar-refractivity contribution in [3.63, 3.8) is 0 Å². The zero-order valence-corrected chi connectivity index (χ0v) is 9.65. The summed E-state index contributed by atoms with van der Waals surface area (Å²) in [7, 11) is 0. The fourth-order valence-corrected chi connectivity index (χ4v) is 3.27. The molecule has 82 valence electrons. The molecule has 2 fully saturated rings. The third-order valence-electron chi connectivity index (χ3n) is 4.47. The lowest BCUT2D eigenvalue weighted by Crippen LogP contribution is -2.47. The van der Waals surface area contributed by atoms with Gasteiger partial charge in [0, 0.05) is 5.54 Å². The van der Waals surface area contributed by atoms with E-state index >= 15 is 0 Å². The fraction of sp³-hybridized carbons (Fsp3) is 1.00. The molecule has 1 aliphatic heterocycles. The Morgan fingerprint density at radius 3 is 2.57 bits per heavy atom. The molecular formula is C13H25N. The van der Waals surface area contributed by atoms with Crippen molar-refractivity contribution in [3.05, 3.63) is 0 Å². The molecule has 0 radical (unpaired) electrons. The van der Waals surface area contributed by atoms with E-state index in [1.165, 1.54) is 64.3 Å². The van der Waals surface area contributed by atoms with E-state index in [1.54, 1.807) is 0 Å².